The van der Waals surface area contributed by atoms with E-state index in [1.165, 1.54) is 0 Å². The molecule has 0 amide bonds. The summed E-state index contributed by atoms with van der Waals surface area (Å²) in [4.78, 5) is 4.52. The number of sulfonamides is 1. The molecule has 134 valence electrons. The Hall–Kier alpha value is -0.990. The third-order valence-corrected chi connectivity index (χ3v) is 6.43. The Labute approximate surface area is 144 Å². The van der Waals surface area contributed by atoms with Crippen molar-refractivity contribution in [1.82, 2.24) is 14.5 Å². The molecule has 0 aliphatic carbocycles. The van der Waals surface area contributed by atoms with Crippen molar-refractivity contribution in [2.45, 2.75) is 31.2 Å². The fourth-order valence-electron chi connectivity index (χ4n) is 3.57. The Balaban J connectivity index is 1.58. The molecule has 24 heavy (non-hydrogen) atoms. The second-order valence-electron chi connectivity index (χ2n) is 6.97. The summed E-state index contributed by atoms with van der Waals surface area (Å²) in [7, 11) is 0.963. The van der Waals surface area contributed by atoms with Crippen molar-refractivity contribution in [2.75, 3.05) is 39.5 Å². The van der Waals surface area contributed by atoms with Crippen molar-refractivity contribution in [2.24, 2.45) is 0 Å². The Morgan fingerprint density at radius 1 is 1.29 bits per heavy atom. The van der Waals surface area contributed by atoms with Crippen LogP contribution in [0.2, 0.25) is 0 Å². The molecule has 2 fully saturated rings. The summed E-state index contributed by atoms with van der Waals surface area (Å²) in [5, 5.41) is 0. The second-order valence-corrected chi connectivity index (χ2v) is 8.77. The molecule has 1 aromatic carbocycles. The number of ether oxygens (including phenoxy) is 1. The van der Waals surface area contributed by atoms with E-state index in [0.717, 1.165) is 25.1 Å². The predicted molar refractivity (Wildman–Crippen MR) is 94.3 cm³/mol. The molecule has 3 rings (SSSR count). The molecule has 2 saturated heterocycles. The van der Waals surface area contributed by atoms with Gasteiger partial charge in [-0.1, -0.05) is 30.3 Å². The van der Waals surface area contributed by atoms with E-state index in [1.807, 2.05) is 30.3 Å². The molecule has 2 heterocycles. The third-order valence-electron chi connectivity index (χ3n) is 4.99. The molecule has 2 aliphatic rings. The van der Waals surface area contributed by atoms with Crippen molar-refractivity contribution in [3.8, 4) is 0 Å². The van der Waals surface area contributed by atoms with Gasteiger partial charge < -0.3 is 9.64 Å². The first kappa shape index (κ1) is 17.8. The molecule has 1 N–H and O–H groups in total. The zero-order valence-corrected chi connectivity index (χ0v) is 15.2. The molecule has 0 unspecified atom stereocenters. The third kappa shape index (κ3) is 4.34. The summed E-state index contributed by atoms with van der Waals surface area (Å²) in [5.41, 5.74) is 1.10. The van der Waals surface area contributed by atoms with Crippen LogP contribution in [0.15, 0.2) is 30.3 Å². The monoisotopic (exact) mass is 353 g/mol. The molecule has 7 heteroatoms. The van der Waals surface area contributed by atoms with E-state index >= 15 is 0 Å². The van der Waals surface area contributed by atoms with Gasteiger partial charge in [0.15, 0.2) is 0 Å². The van der Waals surface area contributed by atoms with Crippen molar-refractivity contribution in [1.29, 1.82) is 0 Å². The molecular formula is C17H27N3O3S. The van der Waals surface area contributed by atoms with Crippen molar-refractivity contribution >= 4 is 10.0 Å². The molecular weight excluding hydrogens is 326 g/mol. The van der Waals surface area contributed by atoms with Gasteiger partial charge in [0.2, 0.25) is 10.0 Å². The fourth-order valence-corrected chi connectivity index (χ4v) is 5.25. The first-order valence-electron chi connectivity index (χ1n) is 8.47. The molecule has 0 spiro atoms. The zero-order valence-electron chi connectivity index (χ0n) is 14.4. The Morgan fingerprint density at radius 2 is 2.04 bits per heavy atom. The summed E-state index contributed by atoms with van der Waals surface area (Å²) in [6.07, 6.45) is 1.08. The minimum atomic E-state index is -3.20. The summed E-state index contributed by atoms with van der Waals surface area (Å²) >= 11 is 0. The summed E-state index contributed by atoms with van der Waals surface area (Å²) < 4.78 is 32.7. The highest BCUT2D eigenvalue weighted by Crippen LogP contribution is 2.23. The summed E-state index contributed by atoms with van der Waals surface area (Å²) in [6, 6.07) is 10.3. The van der Waals surface area contributed by atoms with Crippen molar-refractivity contribution in [3.63, 3.8) is 0 Å². The second kappa shape index (κ2) is 7.49. The van der Waals surface area contributed by atoms with Crippen LogP contribution >= 0.6 is 0 Å². The van der Waals surface area contributed by atoms with Crippen molar-refractivity contribution < 1.29 is 13.2 Å². The van der Waals surface area contributed by atoms with Crippen LogP contribution in [0.5, 0.6) is 0 Å². The summed E-state index contributed by atoms with van der Waals surface area (Å²) in [6.45, 7) is 2.78. The first-order valence-corrected chi connectivity index (χ1v) is 10.1. The van der Waals surface area contributed by atoms with Gasteiger partial charge in [0.05, 0.1) is 25.0 Å². The molecule has 0 aromatic heterocycles. The number of hydrogen-bond donors (Lipinski definition) is 1. The maximum Gasteiger partial charge on any atom is 0.213 e. The lowest BCUT2D eigenvalue weighted by molar-refractivity contribution is 0.0801. The van der Waals surface area contributed by atoms with Crippen molar-refractivity contribution in [3.05, 3.63) is 35.9 Å². The van der Waals surface area contributed by atoms with Crippen LogP contribution in [-0.2, 0) is 21.4 Å². The molecule has 1 aromatic rings. The largest absolute Gasteiger partial charge is 0.375 e. The van der Waals surface area contributed by atoms with Gasteiger partial charge in [-0.3, -0.25) is 4.90 Å². The van der Waals surface area contributed by atoms with E-state index in [-0.39, 0.29) is 17.8 Å². The highest BCUT2D eigenvalue weighted by atomic mass is 32.2. The van der Waals surface area contributed by atoms with Gasteiger partial charge in [-0.15, -0.1) is 0 Å². The van der Waals surface area contributed by atoms with Gasteiger partial charge in [-0.2, -0.15) is 0 Å². The molecule has 0 saturated carbocycles. The minimum Gasteiger partial charge on any atom is -0.375 e. The smallest absolute Gasteiger partial charge is 0.213 e. The predicted octanol–water partition coefficient (Wildman–Crippen LogP) is 0.509. The number of nitrogens with one attached hydrogen (secondary N) is 1. The van der Waals surface area contributed by atoms with E-state index in [2.05, 4.69) is 28.6 Å². The van der Waals surface area contributed by atoms with E-state index < -0.39 is 10.0 Å². The van der Waals surface area contributed by atoms with Gasteiger partial charge in [-0.25, -0.2) is 13.1 Å². The molecule has 0 bridgehead atoms. The van der Waals surface area contributed by atoms with E-state index in [0.29, 0.717) is 19.3 Å². The van der Waals surface area contributed by atoms with Crippen LogP contribution in [0.3, 0.4) is 0 Å². The summed E-state index contributed by atoms with van der Waals surface area (Å²) in [5.74, 6) is 0.173. The zero-order chi connectivity index (χ0) is 17.2. The van der Waals surface area contributed by atoms with Crippen LogP contribution < -0.4 is 4.72 Å². The van der Waals surface area contributed by atoms with Crippen LogP contribution in [0.4, 0.5) is 0 Å². The van der Waals surface area contributed by atoms with Gasteiger partial charge in [0.25, 0.3) is 0 Å². The normalized spacial score (nSPS) is 30.2. The maximum atomic E-state index is 12.1. The van der Waals surface area contributed by atoms with Crippen LogP contribution in [0, 0.1) is 0 Å². The molecule has 6 nitrogen and oxygen atoms in total. The number of benzene rings is 1. The van der Waals surface area contributed by atoms with Crippen LogP contribution in [0.1, 0.15) is 12.0 Å². The van der Waals surface area contributed by atoms with Crippen LogP contribution in [0.25, 0.3) is 0 Å². The SMILES string of the molecule is CN(C)[C@H]1CCN([C@H]2CS(=O)(=O)N[C@@H]2COCc2ccccc2)C1. The quantitative estimate of drug-likeness (QED) is 0.807. The van der Waals surface area contributed by atoms with Gasteiger partial charge >= 0.3 is 0 Å². The maximum absolute atomic E-state index is 12.1. The first-order chi connectivity index (χ1) is 11.4. The number of hydrogen-bond acceptors (Lipinski definition) is 5. The number of likely N-dealkylation sites (tertiary alicyclic amines) is 1. The van der Waals surface area contributed by atoms with Gasteiger partial charge in [-0.05, 0) is 26.1 Å². The topological polar surface area (TPSA) is 61.9 Å². The van der Waals surface area contributed by atoms with Crippen LogP contribution in [-0.4, -0.2) is 75.9 Å². The molecule has 3 atom stereocenters. The van der Waals surface area contributed by atoms with E-state index in [4.69, 9.17) is 4.74 Å². The number of rotatable bonds is 6. The Morgan fingerprint density at radius 3 is 2.71 bits per heavy atom. The lowest BCUT2D eigenvalue weighted by Gasteiger charge is -2.28. The van der Waals surface area contributed by atoms with Gasteiger partial charge in [0, 0.05) is 25.2 Å². The lowest BCUT2D eigenvalue weighted by Crippen LogP contribution is -2.47. The average Bonchev–Trinajstić information content (AvgIpc) is 3.13. The van der Waals surface area contributed by atoms with E-state index in [9.17, 15) is 8.42 Å². The molecule has 2 aliphatic heterocycles. The Bertz CT molecular complexity index is 636. The average molecular weight is 353 g/mol. The molecule has 0 radical (unpaired) electrons. The Kier molecular flexibility index (Phi) is 5.56. The number of likely N-dealkylation sites (N-methyl/N-ethyl adjacent to an activating group) is 1. The lowest BCUT2D eigenvalue weighted by atomic mass is 10.1. The standard InChI is InChI=1S/C17H27N3O3S/c1-19(2)15-8-9-20(10-15)17-13-24(21,22)18-16(17)12-23-11-14-6-4-3-5-7-14/h3-7,15-18H,8-13H2,1-2H3/t15-,16+,17-/m0/s1. The fraction of sp³-hybridized carbons (Fsp3) is 0.647. The minimum absolute atomic E-state index is 0.00396. The number of nitrogens with zero attached hydrogens (tertiary/aromatic N) is 2. The highest BCUT2D eigenvalue weighted by Gasteiger charge is 2.42. The highest BCUT2D eigenvalue weighted by molar-refractivity contribution is 7.89. The van der Waals surface area contributed by atoms with E-state index in [1.54, 1.807) is 0 Å². The van der Waals surface area contributed by atoms with Gasteiger partial charge in [0.1, 0.15) is 0 Å².